The Labute approximate surface area is 153 Å². The highest BCUT2D eigenvalue weighted by atomic mass is 15.1. The molecule has 0 aliphatic rings. The average molecular weight is 339 g/mol. The van der Waals surface area contributed by atoms with Crippen LogP contribution in [0.4, 0.5) is 0 Å². The fraction of sp³-hybridized carbons (Fsp3) is 0.909. The Kier molecular flexibility index (Phi) is 15.9. The maximum Gasteiger partial charge on any atom is 0.00384 e. The van der Waals surface area contributed by atoms with Crippen LogP contribution >= 0.6 is 0 Å². The summed E-state index contributed by atoms with van der Waals surface area (Å²) in [5, 5.41) is 0. The van der Waals surface area contributed by atoms with E-state index in [-0.39, 0.29) is 0 Å². The maximum atomic E-state index is 2.56. The third-order valence-corrected chi connectivity index (χ3v) is 5.07. The molecule has 0 aromatic heterocycles. The zero-order chi connectivity index (χ0) is 18.2. The van der Waals surface area contributed by atoms with E-state index < -0.39 is 0 Å². The summed E-state index contributed by atoms with van der Waals surface area (Å²) in [6.07, 6.45) is 15.5. The second-order valence-electron chi connectivity index (χ2n) is 7.61. The number of allylic oxidation sites excluding steroid dienone is 2. The predicted molar refractivity (Wildman–Crippen MR) is 111 cm³/mol. The highest BCUT2D eigenvalue weighted by Gasteiger charge is 2.06. The zero-order valence-corrected chi connectivity index (χ0v) is 17.7. The van der Waals surface area contributed by atoms with E-state index in [2.05, 4.69) is 63.5 Å². The summed E-state index contributed by atoms with van der Waals surface area (Å²) in [6.45, 7) is 18.6. The van der Waals surface area contributed by atoms with E-state index >= 15 is 0 Å². The molecule has 0 fully saturated rings. The van der Waals surface area contributed by atoms with Crippen LogP contribution in [0.15, 0.2) is 12.2 Å². The van der Waals surface area contributed by atoms with Crippen LogP contribution < -0.4 is 0 Å². The fourth-order valence-corrected chi connectivity index (χ4v) is 3.31. The standard InChI is InChI=1S/C22H46N2/c1-7-23(21(3)4)19-17-15-13-11-9-10-12-14-16-18-20-24(8-2)22(5)6/h9-10,21-22H,7-8,11-20H2,1-6H3/b10-9-. The number of hydrogen-bond acceptors (Lipinski definition) is 2. The lowest BCUT2D eigenvalue weighted by Gasteiger charge is -2.24. The van der Waals surface area contributed by atoms with Gasteiger partial charge in [0, 0.05) is 12.1 Å². The molecule has 0 saturated heterocycles. The highest BCUT2D eigenvalue weighted by Crippen LogP contribution is 2.08. The molecule has 0 bridgehead atoms. The van der Waals surface area contributed by atoms with Gasteiger partial charge in [-0.15, -0.1) is 0 Å². The third-order valence-electron chi connectivity index (χ3n) is 5.07. The van der Waals surface area contributed by atoms with Crippen molar-refractivity contribution in [2.75, 3.05) is 26.2 Å². The van der Waals surface area contributed by atoms with E-state index in [1.54, 1.807) is 0 Å². The topological polar surface area (TPSA) is 6.48 Å². The van der Waals surface area contributed by atoms with E-state index in [1.165, 1.54) is 77.5 Å². The van der Waals surface area contributed by atoms with Gasteiger partial charge in [0.05, 0.1) is 0 Å². The smallest absolute Gasteiger partial charge is 0.00384 e. The van der Waals surface area contributed by atoms with Crippen LogP contribution in [0.2, 0.25) is 0 Å². The minimum Gasteiger partial charge on any atom is -0.301 e. The van der Waals surface area contributed by atoms with Gasteiger partial charge in [0.2, 0.25) is 0 Å². The first-order valence-corrected chi connectivity index (χ1v) is 10.7. The molecule has 0 unspecified atom stereocenters. The van der Waals surface area contributed by atoms with Crippen molar-refractivity contribution in [2.24, 2.45) is 0 Å². The van der Waals surface area contributed by atoms with Crippen LogP contribution in [0.3, 0.4) is 0 Å². The molecule has 0 aromatic carbocycles. The monoisotopic (exact) mass is 338 g/mol. The van der Waals surface area contributed by atoms with Gasteiger partial charge in [-0.25, -0.2) is 0 Å². The number of hydrogen-bond donors (Lipinski definition) is 0. The molecule has 144 valence electrons. The number of rotatable bonds is 16. The van der Waals surface area contributed by atoms with Gasteiger partial charge in [-0.05, 0) is 92.4 Å². The summed E-state index contributed by atoms with van der Waals surface area (Å²) in [7, 11) is 0. The average Bonchev–Trinajstić information content (AvgIpc) is 2.54. The van der Waals surface area contributed by atoms with E-state index in [0.717, 1.165) is 0 Å². The zero-order valence-electron chi connectivity index (χ0n) is 17.7. The molecule has 0 amide bonds. The molecular formula is C22H46N2. The first kappa shape index (κ1) is 23.7. The Bertz CT molecular complexity index is 256. The van der Waals surface area contributed by atoms with Crippen LogP contribution in [0, 0.1) is 0 Å². The third kappa shape index (κ3) is 13.0. The summed E-state index contributed by atoms with van der Waals surface area (Å²) >= 11 is 0. The van der Waals surface area contributed by atoms with Crippen LogP contribution in [-0.4, -0.2) is 48.1 Å². The Balaban J connectivity index is 3.42. The van der Waals surface area contributed by atoms with Crippen LogP contribution in [0.1, 0.15) is 92.9 Å². The van der Waals surface area contributed by atoms with Crippen molar-refractivity contribution in [3.05, 3.63) is 12.2 Å². The van der Waals surface area contributed by atoms with Gasteiger partial charge in [0.15, 0.2) is 0 Å². The fourth-order valence-electron chi connectivity index (χ4n) is 3.31. The summed E-state index contributed by atoms with van der Waals surface area (Å²) in [5.74, 6) is 0. The van der Waals surface area contributed by atoms with Gasteiger partial charge in [0.25, 0.3) is 0 Å². The van der Waals surface area contributed by atoms with Crippen LogP contribution in [0.25, 0.3) is 0 Å². The number of nitrogens with zero attached hydrogens (tertiary/aromatic N) is 2. The Morgan fingerprint density at radius 2 is 0.958 bits per heavy atom. The van der Waals surface area contributed by atoms with Crippen molar-refractivity contribution in [1.82, 2.24) is 9.80 Å². The summed E-state index contributed by atoms with van der Waals surface area (Å²) in [5.41, 5.74) is 0. The van der Waals surface area contributed by atoms with E-state index in [9.17, 15) is 0 Å². The van der Waals surface area contributed by atoms with Crippen molar-refractivity contribution < 1.29 is 0 Å². The van der Waals surface area contributed by atoms with Crippen LogP contribution in [0.5, 0.6) is 0 Å². The molecule has 24 heavy (non-hydrogen) atoms. The molecule has 0 aliphatic heterocycles. The van der Waals surface area contributed by atoms with Crippen molar-refractivity contribution in [1.29, 1.82) is 0 Å². The van der Waals surface area contributed by atoms with Crippen molar-refractivity contribution in [3.8, 4) is 0 Å². The molecule has 0 rings (SSSR count). The molecule has 2 heteroatoms. The molecule has 0 spiro atoms. The van der Waals surface area contributed by atoms with Gasteiger partial charge in [0.1, 0.15) is 0 Å². The van der Waals surface area contributed by atoms with Crippen molar-refractivity contribution in [3.63, 3.8) is 0 Å². The quantitative estimate of drug-likeness (QED) is 0.247. The molecule has 0 heterocycles. The minimum atomic E-state index is 0.694. The first-order chi connectivity index (χ1) is 11.5. The Morgan fingerprint density at radius 3 is 1.25 bits per heavy atom. The summed E-state index contributed by atoms with van der Waals surface area (Å²) < 4.78 is 0. The normalized spacial score (nSPS) is 12.6. The second-order valence-corrected chi connectivity index (χ2v) is 7.61. The molecule has 0 N–H and O–H groups in total. The van der Waals surface area contributed by atoms with E-state index in [4.69, 9.17) is 0 Å². The van der Waals surface area contributed by atoms with E-state index in [1.807, 2.05) is 0 Å². The van der Waals surface area contributed by atoms with Gasteiger partial charge < -0.3 is 9.80 Å². The van der Waals surface area contributed by atoms with Gasteiger partial charge in [-0.1, -0.05) is 38.8 Å². The maximum absolute atomic E-state index is 2.56. The molecule has 0 aromatic rings. The molecule has 0 aliphatic carbocycles. The first-order valence-electron chi connectivity index (χ1n) is 10.7. The SMILES string of the molecule is CCN(CCCCC/C=C\CCCCCN(CC)C(C)C)C(C)C. The predicted octanol–water partition coefficient (Wildman–Crippen LogP) is 6.12. The minimum absolute atomic E-state index is 0.694. The summed E-state index contributed by atoms with van der Waals surface area (Å²) in [4.78, 5) is 5.13. The lowest BCUT2D eigenvalue weighted by atomic mass is 10.1. The van der Waals surface area contributed by atoms with Crippen molar-refractivity contribution in [2.45, 2.75) is 105 Å². The van der Waals surface area contributed by atoms with Gasteiger partial charge in [-0.3, -0.25) is 0 Å². The largest absolute Gasteiger partial charge is 0.301 e. The van der Waals surface area contributed by atoms with Crippen molar-refractivity contribution >= 4 is 0 Å². The van der Waals surface area contributed by atoms with Gasteiger partial charge >= 0.3 is 0 Å². The molecule has 2 nitrogen and oxygen atoms in total. The molecular weight excluding hydrogens is 292 g/mol. The lowest BCUT2D eigenvalue weighted by Crippen LogP contribution is -2.31. The molecule has 0 atom stereocenters. The Hall–Kier alpha value is -0.340. The second kappa shape index (κ2) is 16.1. The highest BCUT2D eigenvalue weighted by molar-refractivity contribution is 4.81. The lowest BCUT2D eigenvalue weighted by molar-refractivity contribution is 0.228. The van der Waals surface area contributed by atoms with Gasteiger partial charge in [-0.2, -0.15) is 0 Å². The molecule has 0 saturated carbocycles. The Morgan fingerprint density at radius 1 is 0.583 bits per heavy atom. The number of unbranched alkanes of at least 4 members (excludes halogenated alkanes) is 6. The summed E-state index contributed by atoms with van der Waals surface area (Å²) in [6, 6.07) is 1.39. The van der Waals surface area contributed by atoms with E-state index in [0.29, 0.717) is 12.1 Å². The molecule has 0 radical (unpaired) electrons. The van der Waals surface area contributed by atoms with Crippen LogP contribution in [-0.2, 0) is 0 Å².